The van der Waals surface area contributed by atoms with E-state index in [-0.39, 0.29) is 11.6 Å². The number of rotatable bonds is 2. The van der Waals surface area contributed by atoms with E-state index >= 15 is 0 Å². The average molecular weight is 324 g/mol. The van der Waals surface area contributed by atoms with Gasteiger partial charge in [0.05, 0.1) is 5.60 Å². The Morgan fingerprint density at radius 3 is 2.89 bits per heavy atom. The summed E-state index contributed by atoms with van der Waals surface area (Å²) in [5, 5.41) is 0. The first-order chi connectivity index (χ1) is 9.11. The lowest BCUT2D eigenvalue weighted by Crippen LogP contribution is -2.47. The van der Waals surface area contributed by atoms with Crippen LogP contribution in [0.25, 0.3) is 0 Å². The number of nitrogens with two attached hydrogens (primary N) is 1. The van der Waals surface area contributed by atoms with Crippen LogP contribution in [0, 0.1) is 12.8 Å². The molecule has 2 atom stereocenters. The van der Waals surface area contributed by atoms with E-state index < -0.39 is 0 Å². The van der Waals surface area contributed by atoms with Gasteiger partial charge in [0, 0.05) is 17.1 Å². The molecule has 1 aliphatic heterocycles. The second-order valence-corrected chi connectivity index (χ2v) is 6.97. The molecule has 2 aliphatic rings. The lowest BCUT2D eigenvalue weighted by Gasteiger charge is -2.48. The maximum Gasteiger partial charge on any atom is 0.0686 e. The van der Waals surface area contributed by atoms with Gasteiger partial charge in [-0.1, -0.05) is 28.1 Å². The van der Waals surface area contributed by atoms with Crippen LogP contribution < -0.4 is 5.73 Å². The minimum Gasteiger partial charge on any atom is -0.375 e. The van der Waals surface area contributed by atoms with Crippen LogP contribution in [0.2, 0.25) is 0 Å². The molecule has 0 amide bonds. The van der Waals surface area contributed by atoms with Crippen LogP contribution in [-0.4, -0.2) is 12.2 Å². The molecule has 1 heterocycles. The predicted octanol–water partition coefficient (Wildman–Crippen LogP) is 4.11. The summed E-state index contributed by atoms with van der Waals surface area (Å²) in [6, 6.07) is 6.49. The van der Waals surface area contributed by atoms with E-state index in [9.17, 15) is 0 Å². The minimum atomic E-state index is 0.138. The topological polar surface area (TPSA) is 35.2 Å². The molecule has 3 rings (SSSR count). The molecule has 1 aromatic rings. The zero-order valence-corrected chi connectivity index (χ0v) is 13.1. The summed E-state index contributed by atoms with van der Waals surface area (Å²) in [7, 11) is 0. The summed E-state index contributed by atoms with van der Waals surface area (Å²) in [5.74, 6) is 0.557. The van der Waals surface area contributed by atoms with Gasteiger partial charge in [0.2, 0.25) is 0 Å². The van der Waals surface area contributed by atoms with Crippen LogP contribution in [0.3, 0.4) is 0 Å². The van der Waals surface area contributed by atoms with Gasteiger partial charge in [-0.25, -0.2) is 0 Å². The van der Waals surface area contributed by atoms with Crippen LogP contribution in [-0.2, 0) is 4.74 Å². The van der Waals surface area contributed by atoms with Crippen molar-refractivity contribution in [3.05, 3.63) is 33.8 Å². The van der Waals surface area contributed by atoms with Crippen LogP contribution in [0.4, 0.5) is 0 Å². The Hall–Kier alpha value is -0.380. The van der Waals surface area contributed by atoms with Gasteiger partial charge in [0.15, 0.2) is 0 Å². The summed E-state index contributed by atoms with van der Waals surface area (Å²) in [4.78, 5) is 0. The summed E-state index contributed by atoms with van der Waals surface area (Å²) in [5.41, 5.74) is 9.31. The molecule has 2 unspecified atom stereocenters. The third-order valence-corrected chi connectivity index (χ3v) is 5.83. The van der Waals surface area contributed by atoms with Crippen molar-refractivity contribution in [2.45, 2.75) is 50.7 Å². The molecule has 1 aromatic carbocycles. The smallest absolute Gasteiger partial charge is 0.0686 e. The molecular formula is C16H22BrNO. The maximum atomic E-state index is 6.56. The highest BCUT2D eigenvalue weighted by Crippen LogP contribution is 2.47. The first-order valence-corrected chi connectivity index (χ1v) is 8.05. The van der Waals surface area contributed by atoms with Gasteiger partial charge in [0.1, 0.15) is 0 Å². The maximum absolute atomic E-state index is 6.56. The van der Waals surface area contributed by atoms with Crippen molar-refractivity contribution in [2.75, 3.05) is 6.61 Å². The minimum absolute atomic E-state index is 0.138. The fourth-order valence-corrected chi connectivity index (χ4v) is 3.91. The Kier molecular flexibility index (Phi) is 3.71. The van der Waals surface area contributed by atoms with E-state index in [1.54, 1.807) is 0 Å². The number of halogens is 1. The first kappa shape index (κ1) is 13.6. The van der Waals surface area contributed by atoms with Crippen molar-refractivity contribution in [1.82, 2.24) is 0 Å². The molecule has 104 valence electrons. The largest absolute Gasteiger partial charge is 0.375 e. The lowest BCUT2D eigenvalue weighted by molar-refractivity contribution is -0.146. The molecule has 3 heteroatoms. The number of ether oxygens (including phenoxy) is 1. The van der Waals surface area contributed by atoms with E-state index in [0.717, 1.165) is 23.9 Å². The molecule has 2 nitrogen and oxygen atoms in total. The Morgan fingerprint density at radius 1 is 1.42 bits per heavy atom. The number of benzene rings is 1. The second-order valence-electron chi connectivity index (χ2n) is 6.12. The average Bonchev–Trinajstić information content (AvgIpc) is 2.39. The molecule has 2 N–H and O–H groups in total. The van der Waals surface area contributed by atoms with Crippen molar-refractivity contribution >= 4 is 15.9 Å². The van der Waals surface area contributed by atoms with Gasteiger partial charge < -0.3 is 10.5 Å². The van der Waals surface area contributed by atoms with Crippen LogP contribution in [0.15, 0.2) is 22.7 Å². The van der Waals surface area contributed by atoms with Gasteiger partial charge in [0.25, 0.3) is 0 Å². The standard InChI is InChI=1S/C16H22BrNO/c1-11-13(4-2-5-14(11)17)15(18)12-6-9-19-16(10-12)7-3-8-16/h2,4-5,12,15H,3,6-10,18H2,1H3. The molecule has 0 radical (unpaired) electrons. The Labute approximate surface area is 123 Å². The molecule has 0 aromatic heterocycles. The van der Waals surface area contributed by atoms with Gasteiger partial charge in [-0.3, -0.25) is 0 Å². The van der Waals surface area contributed by atoms with Crippen LogP contribution in [0.1, 0.15) is 49.3 Å². The highest BCUT2D eigenvalue weighted by atomic mass is 79.9. The molecule has 2 fully saturated rings. The fourth-order valence-electron chi connectivity index (χ4n) is 3.53. The monoisotopic (exact) mass is 323 g/mol. The predicted molar refractivity (Wildman–Crippen MR) is 81.1 cm³/mol. The van der Waals surface area contributed by atoms with Gasteiger partial charge in [-0.15, -0.1) is 0 Å². The van der Waals surface area contributed by atoms with Crippen molar-refractivity contribution in [1.29, 1.82) is 0 Å². The molecule has 0 bridgehead atoms. The third kappa shape index (κ3) is 2.48. The van der Waals surface area contributed by atoms with Crippen LogP contribution in [0.5, 0.6) is 0 Å². The second kappa shape index (κ2) is 5.19. The summed E-state index contributed by atoms with van der Waals surface area (Å²) in [6.45, 7) is 3.03. The molecule has 1 spiro atoms. The fraction of sp³-hybridized carbons (Fsp3) is 0.625. The summed E-state index contributed by atoms with van der Waals surface area (Å²) < 4.78 is 7.17. The molecular weight excluding hydrogens is 302 g/mol. The zero-order chi connectivity index (χ0) is 13.5. The molecule has 1 aliphatic carbocycles. The Morgan fingerprint density at radius 2 is 2.21 bits per heavy atom. The van der Waals surface area contributed by atoms with Gasteiger partial charge >= 0.3 is 0 Å². The third-order valence-electron chi connectivity index (χ3n) is 4.97. The SMILES string of the molecule is Cc1c(Br)cccc1C(N)C1CCOC2(CCC2)C1. The van der Waals surface area contributed by atoms with E-state index in [0.29, 0.717) is 5.92 Å². The lowest BCUT2D eigenvalue weighted by atomic mass is 9.69. The van der Waals surface area contributed by atoms with E-state index in [1.807, 2.05) is 0 Å². The van der Waals surface area contributed by atoms with Gasteiger partial charge in [-0.2, -0.15) is 0 Å². The first-order valence-electron chi connectivity index (χ1n) is 7.26. The number of hydrogen-bond donors (Lipinski definition) is 1. The quantitative estimate of drug-likeness (QED) is 0.889. The molecule has 1 saturated heterocycles. The van der Waals surface area contributed by atoms with Crippen molar-refractivity contribution in [3.63, 3.8) is 0 Å². The van der Waals surface area contributed by atoms with Crippen molar-refractivity contribution in [2.24, 2.45) is 11.7 Å². The Bertz CT molecular complexity index is 470. The Balaban J connectivity index is 1.79. The highest BCUT2D eigenvalue weighted by molar-refractivity contribution is 9.10. The van der Waals surface area contributed by atoms with Gasteiger partial charge in [-0.05, 0) is 62.1 Å². The molecule has 1 saturated carbocycles. The highest BCUT2D eigenvalue weighted by Gasteiger charge is 2.44. The van der Waals surface area contributed by atoms with E-state index in [4.69, 9.17) is 10.5 Å². The summed E-state index contributed by atoms with van der Waals surface area (Å²) in [6.07, 6.45) is 6.01. The van der Waals surface area contributed by atoms with Crippen LogP contribution >= 0.6 is 15.9 Å². The van der Waals surface area contributed by atoms with E-state index in [2.05, 4.69) is 41.1 Å². The normalized spacial score (nSPS) is 27.0. The summed E-state index contributed by atoms with van der Waals surface area (Å²) >= 11 is 3.61. The number of hydrogen-bond acceptors (Lipinski definition) is 2. The molecule has 19 heavy (non-hydrogen) atoms. The van der Waals surface area contributed by atoms with Crippen molar-refractivity contribution < 1.29 is 4.74 Å². The zero-order valence-electron chi connectivity index (χ0n) is 11.5. The van der Waals surface area contributed by atoms with E-state index in [1.165, 1.54) is 30.4 Å². The van der Waals surface area contributed by atoms with Crippen molar-refractivity contribution in [3.8, 4) is 0 Å².